The van der Waals surface area contributed by atoms with E-state index in [0.29, 0.717) is 5.92 Å². The van der Waals surface area contributed by atoms with Crippen LogP contribution < -0.4 is 10.6 Å². The first-order valence-corrected chi connectivity index (χ1v) is 12.4. The predicted molar refractivity (Wildman–Crippen MR) is 125 cm³/mol. The molecular formula is C25H41N3O4. The minimum Gasteiger partial charge on any atom is -0.373 e. The molecule has 0 bridgehead atoms. The van der Waals surface area contributed by atoms with Gasteiger partial charge in [0.05, 0.1) is 25.0 Å². The van der Waals surface area contributed by atoms with Crippen LogP contribution in [0.3, 0.4) is 0 Å². The summed E-state index contributed by atoms with van der Waals surface area (Å²) in [5.74, 6) is 1.27. The van der Waals surface area contributed by atoms with Crippen LogP contribution in [-0.2, 0) is 20.6 Å². The molecule has 0 aromatic carbocycles. The molecule has 32 heavy (non-hydrogen) atoms. The third-order valence-electron chi connectivity index (χ3n) is 6.73. The molecule has 0 amide bonds. The Hall–Kier alpha value is -1.25. The van der Waals surface area contributed by atoms with Gasteiger partial charge in [0.25, 0.3) is 0 Å². The van der Waals surface area contributed by atoms with Crippen LogP contribution in [0.2, 0.25) is 0 Å². The zero-order valence-corrected chi connectivity index (χ0v) is 20.3. The lowest BCUT2D eigenvalue weighted by molar-refractivity contribution is -0.0661. The molecule has 2 saturated heterocycles. The van der Waals surface area contributed by atoms with Crippen molar-refractivity contribution < 1.29 is 18.7 Å². The molecule has 2 aliphatic heterocycles. The van der Waals surface area contributed by atoms with E-state index >= 15 is 0 Å². The molecule has 1 aromatic rings. The molecular weight excluding hydrogens is 406 g/mol. The fourth-order valence-electron chi connectivity index (χ4n) is 4.98. The average Bonchev–Trinajstić information content (AvgIpc) is 3.42. The third-order valence-corrected chi connectivity index (χ3v) is 6.73. The number of fused-ring (bicyclic) bond motifs is 1. The smallest absolute Gasteiger partial charge is 0.170 e. The first-order valence-electron chi connectivity index (χ1n) is 12.4. The molecule has 1 aromatic heterocycles. The molecule has 0 spiro atoms. The summed E-state index contributed by atoms with van der Waals surface area (Å²) >= 11 is 0. The molecule has 1 unspecified atom stereocenters. The summed E-state index contributed by atoms with van der Waals surface area (Å²) in [5, 5.41) is 5.72. The quantitative estimate of drug-likeness (QED) is 0.540. The Morgan fingerprint density at radius 1 is 1.19 bits per heavy atom. The lowest BCUT2D eigenvalue weighted by Gasteiger charge is -2.32. The Kier molecular flexibility index (Phi) is 8.40. The van der Waals surface area contributed by atoms with Gasteiger partial charge in [0.2, 0.25) is 0 Å². The monoisotopic (exact) mass is 447 g/mol. The van der Waals surface area contributed by atoms with Gasteiger partial charge >= 0.3 is 0 Å². The highest BCUT2D eigenvalue weighted by molar-refractivity contribution is 5.55. The molecule has 2 fully saturated rings. The Bertz CT molecular complexity index is 836. The molecule has 3 heterocycles. The summed E-state index contributed by atoms with van der Waals surface area (Å²) < 4.78 is 23.3. The highest BCUT2D eigenvalue weighted by Gasteiger charge is 2.26. The Morgan fingerprint density at radius 2 is 1.94 bits per heavy atom. The summed E-state index contributed by atoms with van der Waals surface area (Å²) in [4.78, 5) is 4.67. The molecule has 0 saturated carbocycles. The normalized spacial score (nSPS) is 23.3. The lowest BCUT2D eigenvalue weighted by Crippen LogP contribution is -2.40. The molecule has 1 aliphatic carbocycles. The van der Waals surface area contributed by atoms with Gasteiger partial charge in [-0.05, 0) is 71.1 Å². The molecule has 1 atom stereocenters. The van der Waals surface area contributed by atoms with E-state index in [2.05, 4.69) is 49.0 Å². The average molecular weight is 448 g/mol. The van der Waals surface area contributed by atoms with Gasteiger partial charge in [0, 0.05) is 30.5 Å². The zero-order valence-electron chi connectivity index (χ0n) is 20.3. The maximum Gasteiger partial charge on any atom is 0.170 e. The van der Waals surface area contributed by atoms with Crippen LogP contribution in [-0.4, -0.2) is 87.4 Å². The van der Waals surface area contributed by atoms with Crippen molar-refractivity contribution >= 4 is 11.6 Å². The second-order valence-electron chi connectivity index (χ2n) is 10.2. The van der Waals surface area contributed by atoms with Crippen molar-refractivity contribution in [1.29, 1.82) is 0 Å². The van der Waals surface area contributed by atoms with E-state index in [9.17, 15) is 0 Å². The molecule has 180 valence electrons. The number of aromatic nitrogens is 1. The second-order valence-corrected chi connectivity index (χ2v) is 10.2. The van der Waals surface area contributed by atoms with Crippen molar-refractivity contribution in [3.63, 3.8) is 0 Å². The summed E-state index contributed by atoms with van der Waals surface area (Å²) in [6, 6.07) is 0. The predicted octanol–water partition coefficient (Wildman–Crippen LogP) is 1.63. The summed E-state index contributed by atoms with van der Waals surface area (Å²) in [6.07, 6.45) is 7.89. The fraction of sp³-hybridized carbons (Fsp3) is 0.800. The minimum absolute atomic E-state index is 0.0234. The third kappa shape index (κ3) is 6.20. The number of rotatable bonds is 10. The molecule has 0 N–H and O–H groups in total. The van der Waals surface area contributed by atoms with Crippen molar-refractivity contribution in [2.75, 3.05) is 60.1 Å². The van der Waals surface area contributed by atoms with Gasteiger partial charge < -0.3 is 23.6 Å². The number of hydrogen-bond acceptors (Lipinski definition) is 7. The minimum atomic E-state index is -0.0234. The van der Waals surface area contributed by atoms with E-state index in [4.69, 9.17) is 18.7 Å². The lowest BCUT2D eigenvalue weighted by atomic mass is 9.91. The second kappa shape index (κ2) is 11.3. The van der Waals surface area contributed by atoms with E-state index in [1.165, 1.54) is 30.1 Å². The molecule has 7 heteroatoms. The van der Waals surface area contributed by atoms with Crippen LogP contribution in [0.1, 0.15) is 45.2 Å². The zero-order chi connectivity index (χ0) is 22.5. The van der Waals surface area contributed by atoms with Gasteiger partial charge in [0.15, 0.2) is 11.7 Å². The molecule has 3 aliphatic rings. The number of nitrogens with zero attached hydrogens (tertiary/aromatic N) is 3. The van der Waals surface area contributed by atoms with Crippen molar-refractivity contribution in [2.45, 2.75) is 58.3 Å². The first-order chi connectivity index (χ1) is 15.5. The van der Waals surface area contributed by atoms with Gasteiger partial charge in [-0.15, -0.1) is 0 Å². The van der Waals surface area contributed by atoms with Gasteiger partial charge in [-0.2, -0.15) is 0 Å². The van der Waals surface area contributed by atoms with Crippen LogP contribution >= 0.6 is 0 Å². The molecule has 0 radical (unpaired) electrons. The van der Waals surface area contributed by atoms with Crippen molar-refractivity contribution in [3.05, 3.63) is 16.3 Å². The number of ether oxygens (including phenoxy) is 3. The topological polar surface area (TPSA) is 60.2 Å². The van der Waals surface area contributed by atoms with Gasteiger partial charge in [-0.25, -0.2) is 0 Å². The highest BCUT2D eigenvalue weighted by atomic mass is 16.7. The van der Waals surface area contributed by atoms with Crippen LogP contribution in [0.4, 0.5) is 0 Å². The fourth-order valence-corrected chi connectivity index (χ4v) is 4.98. The van der Waals surface area contributed by atoms with E-state index < -0.39 is 0 Å². The maximum atomic E-state index is 6.23. The first kappa shape index (κ1) is 23.9. The molecule has 7 nitrogen and oxygen atoms in total. The van der Waals surface area contributed by atoms with E-state index in [1.54, 1.807) is 0 Å². The van der Waals surface area contributed by atoms with E-state index in [0.717, 1.165) is 75.9 Å². The highest BCUT2D eigenvalue weighted by Crippen LogP contribution is 2.23. The summed E-state index contributed by atoms with van der Waals surface area (Å²) in [5.41, 5.74) is 3.30. The Morgan fingerprint density at radius 3 is 2.62 bits per heavy atom. The molecule has 4 rings (SSSR count). The van der Waals surface area contributed by atoms with Crippen LogP contribution in [0.5, 0.6) is 0 Å². The van der Waals surface area contributed by atoms with Gasteiger partial charge in [-0.1, -0.05) is 25.1 Å². The van der Waals surface area contributed by atoms with Crippen LogP contribution in [0, 0.1) is 11.8 Å². The number of likely N-dealkylation sites (tertiary alicyclic amines) is 1. The number of piperidine rings is 1. The van der Waals surface area contributed by atoms with Crippen molar-refractivity contribution in [1.82, 2.24) is 15.0 Å². The maximum absolute atomic E-state index is 6.23. The van der Waals surface area contributed by atoms with Gasteiger partial charge in [0.1, 0.15) is 0 Å². The van der Waals surface area contributed by atoms with E-state index in [-0.39, 0.29) is 12.4 Å². The summed E-state index contributed by atoms with van der Waals surface area (Å²) in [6.45, 7) is 10.6. The largest absolute Gasteiger partial charge is 0.373 e. The standard InChI is InChI=1S/C25H41N3O4/c1-18(2)17-31-23-8-6-20-22(26-32-25(20)21(23)15-27(3)4)7-5-19-9-11-28(12-10-19)16-24-29-13-14-30-24/h6,18-19,23-24H,5,7-17H2,1-4H3. The van der Waals surface area contributed by atoms with Crippen molar-refractivity contribution in [2.24, 2.45) is 11.8 Å². The Balaban J connectivity index is 1.35. The van der Waals surface area contributed by atoms with Crippen molar-refractivity contribution in [3.8, 4) is 0 Å². The summed E-state index contributed by atoms with van der Waals surface area (Å²) in [7, 11) is 4.19. The Labute approximate surface area is 192 Å². The van der Waals surface area contributed by atoms with Crippen LogP contribution in [0.15, 0.2) is 4.52 Å². The van der Waals surface area contributed by atoms with Crippen LogP contribution in [0.25, 0.3) is 11.6 Å². The number of aryl methyl sites for hydroxylation is 1. The van der Waals surface area contributed by atoms with E-state index in [1.807, 2.05) is 0 Å². The van der Waals surface area contributed by atoms with Gasteiger partial charge in [-0.3, -0.25) is 4.90 Å². The SMILES string of the molecule is CC(C)COC1CC=c2c(CCC3CCN(CC4OCCO4)CC3)noc2=C1CN(C)C. The number of hydrogen-bond donors (Lipinski definition) is 0.